The van der Waals surface area contributed by atoms with E-state index in [-0.39, 0.29) is 5.56 Å². The van der Waals surface area contributed by atoms with Crippen molar-refractivity contribution in [3.8, 4) is 0 Å². The van der Waals surface area contributed by atoms with Crippen molar-refractivity contribution in [2.45, 2.75) is 6.18 Å². The van der Waals surface area contributed by atoms with Crippen LogP contribution in [0.25, 0.3) is 0 Å². The molecule has 2 rings (SSSR count). The molecule has 0 aliphatic carbocycles. The molecule has 0 saturated carbocycles. The summed E-state index contributed by atoms with van der Waals surface area (Å²) < 4.78 is 43.9. The lowest BCUT2D eigenvalue weighted by Gasteiger charge is -2.07. The van der Waals surface area contributed by atoms with Gasteiger partial charge in [-0.2, -0.15) is 18.3 Å². The quantitative estimate of drug-likeness (QED) is 0.673. The summed E-state index contributed by atoms with van der Waals surface area (Å²) >= 11 is 0. The zero-order chi connectivity index (χ0) is 17.2. The normalized spacial score (nSPS) is 11.3. The first-order valence-electron chi connectivity index (χ1n) is 6.22. The van der Waals surface area contributed by atoms with Gasteiger partial charge in [0.1, 0.15) is 11.4 Å². The number of hydrogen-bond acceptors (Lipinski definition) is 6. The van der Waals surface area contributed by atoms with Crippen LogP contribution in [0, 0.1) is 0 Å². The van der Waals surface area contributed by atoms with Gasteiger partial charge in [0.15, 0.2) is 18.1 Å². The predicted octanol–water partition coefficient (Wildman–Crippen LogP) is 1.46. The highest BCUT2D eigenvalue weighted by molar-refractivity contribution is 6.00. The van der Waals surface area contributed by atoms with E-state index < -0.39 is 41.6 Å². The van der Waals surface area contributed by atoms with Crippen molar-refractivity contribution in [3.63, 3.8) is 0 Å². The van der Waals surface area contributed by atoms with Crippen LogP contribution in [-0.4, -0.2) is 33.1 Å². The largest absolute Gasteiger partial charge is 0.454 e. The molecule has 0 spiro atoms. The van der Waals surface area contributed by atoms with Crippen molar-refractivity contribution >= 4 is 17.6 Å². The molecule has 0 saturated heterocycles. The second-order valence-corrected chi connectivity index (χ2v) is 4.47. The lowest BCUT2D eigenvalue weighted by Crippen LogP contribution is -2.18. The molecule has 0 fully saturated rings. The summed E-state index contributed by atoms with van der Waals surface area (Å²) in [5.74, 6) is -2.46. The number of ether oxygens (including phenoxy) is 1. The number of pyridine rings is 1. The van der Waals surface area contributed by atoms with E-state index in [1.165, 1.54) is 24.5 Å². The number of Topliss-reactive ketones (excluding diaryl/α,β-unsaturated/α-hetero) is 1. The Balaban J connectivity index is 2.17. The summed E-state index contributed by atoms with van der Waals surface area (Å²) in [5, 5.41) is 3.16. The molecule has 7 nitrogen and oxygen atoms in total. The molecule has 2 N–H and O–H groups in total. The van der Waals surface area contributed by atoms with Gasteiger partial charge in [-0.15, -0.1) is 0 Å². The smallest absolute Gasteiger partial charge is 0.436 e. The lowest BCUT2D eigenvalue weighted by atomic mass is 10.2. The number of halogens is 3. The van der Waals surface area contributed by atoms with Crippen LogP contribution in [-0.2, 0) is 18.0 Å². The standard InChI is InChI=1S/C13H11F3N4O3/c1-20-11(17)9(10(19-20)13(14,15)16)12(22)23-6-8(21)7-2-4-18-5-3-7/h2-5H,6,17H2,1H3. The summed E-state index contributed by atoms with van der Waals surface area (Å²) in [5.41, 5.74) is 3.26. The van der Waals surface area contributed by atoms with Crippen LogP contribution in [0.1, 0.15) is 26.4 Å². The van der Waals surface area contributed by atoms with Gasteiger partial charge in [-0.05, 0) is 12.1 Å². The Hall–Kier alpha value is -2.91. The lowest BCUT2D eigenvalue weighted by molar-refractivity contribution is -0.142. The summed E-state index contributed by atoms with van der Waals surface area (Å²) in [7, 11) is 1.16. The Labute approximate surface area is 127 Å². The van der Waals surface area contributed by atoms with Gasteiger partial charge in [-0.25, -0.2) is 4.79 Å². The first-order valence-corrected chi connectivity index (χ1v) is 6.22. The van der Waals surface area contributed by atoms with E-state index >= 15 is 0 Å². The van der Waals surface area contributed by atoms with E-state index in [4.69, 9.17) is 5.73 Å². The SMILES string of the molecule is Cn1nc(C(F)(F)F)c(C(=O)OCC(=O)c2ccncc2)c1N. The highest BCUT2D eigenvalue weighted by Gasteiger charge is 2.41. The molecule has 0 atom stereocenters. The molecular weight excluding hydrogens is 317 g/mol. The second kappa shape index (κ2) is 6.07. The Kier molecular flexibility index (Phi) is 4.34. The van der Waals surface area contributed by atoms with Gasteiger partial charge in [-0.1, -0.05) is 0 Å². The minimum absolute atomic E-state index is 0.211. The summed E-state index contributed by atoms with van der Waals surface area (Å²) in [6, 6.07) is 2.77. The maximum atomic E-state index is 12.9. The Bertz CT molecular complexity index is 741. The first kappa shape index (κ1) is 16.5. The molecule has 0 aliphatic heterocycles. The van der Waals surface area contributed by atoms with Crippen LogP contribution in [0.3, 0.4) is 0 Å². The molecule has 0 unspecified atom stereocenters. The maximum Gasteiger partial charge on any atom is 0.436 e. The van der Waals surface area contributed by atoms with Gasteiger partial charge in [0.05, 0.1) is 0 Å². The van der Waals surface area contributed by atoms with Gasteiger partial charge < -0.3 is 10.5 Å². The molecule has 0 aliphatic rings. The van der Waals surface area contributed by atoms with E-state index in [2.05, 4.69) is 14.8 Å². The number of nitrogen functional groups attached to an aromatic ring is 1. The number of nitrogens with zero attached hydrogens (tertiary/aromatic N) is 3. The topological polar surface area (TPSA) is 100 Å². The van der Waals surface area contributed by atoms with Crippen molar-refractivity contribution in [1.82, 2.24) is 14.8 Å². The third-order valence-corrected chi connectivity index (χ3v) is 2.90. The van der Waals surface area contributed by atoms with Crippen LogP contribution < -0.4 is 5.73 Å². The third-order valence-electron chi connectivity index (χ3n) is 2.90. The van der Waals surface area contributed by atoms with Gasteiger partial charge >= 0.3 is 12.1 Å². The zero-order valence-electron chi connectivity index (χ0n) is 11.8. The van der Waals surface area contributed by atoms with E-state index in [1.54, 1.807) is 0 Å². The van der Waals surface area contributed by atoms with Crippen molar-refractivity contribution in [2.75, 3.05) is 12.3 Å². The average molecular weight is 328 g/mol. The van der Waals surface area contributed by atoms with Crippen LogP contribution in [0.2, 0.25) is 0 Å². The number of carbonyl (C=O) groups excluding carboxylic acids is 2. The molecule has 10 heteroatoms. The third kappa shape index (κ3) is 3.47. The fraction of sp³-hybridized carbons (Fsp3) is 0.231. The average Bonchev–Trinajstić information content (AvgIpc) is 2.81. The molecule has 0 bridgehead atoms. The number of nitrogens with two attached hydrogens (primary N) is 1. The molecule has 23 heavy (non-hydrogen) atoms. The summed E-state index contributed by atoms with van der Waals surface area (Å²) in [4.78, 5) is 27.3. The van der Waals surface area contributed by atoms with Crippen LogP contribution in [0.15, 0.2) is 24.5 Å². The number of rotatable bonds is 4. The molecule has 122 valence electrons. The van der Waals surface area contributed by atoms with Crippen molar-refractivity contribution in [2.24, 2.45) is 7.05 Å². The van der Waals surface area contributed by atoms with Gasteiger partial charge in [0, 0.05) is 25.0 Å². The van der Waals surface area contributed by atoms with Gasteiger partial charge in [0.2, 0.25) is 0 Å². The van der Waals surface area contributed by atoms with E-state index in [0.717, 1.165) is 7.05 Å². The number of esters is 1. The summed E-state index contributed by atoms with van der Waals surface area (Å²) in [6.07, 6.45) is -2.16. The second-order valence-electron chi connectivity index (χ2n) is 4.47. The molecule has 2 aromatic heterocycles. The first-order chi connectivity index (χ1) is 10.7. The number of aromatic nitrogens is 3. The minimum Gasteiger partial charge on any atom is -0.454 e. The Morgan fingerprint density at radius 3 is 2.48 bits per heavy atom. The van der Waals surface area contributed by atoms with Crippen molar-refractivity contribution < 1.29 is 27.5 Å². The van der Waals surface area contributed by atoms with Crippen LogP contribution in [0.4, 0.5) is 19.0 Å². The van der Waals surface area contributed by atoms with E-state index in [1.807, 2.05) is 0 Å². The fourth-order valence-corrected chi connectivity index (χ4v) is 1.76. The Morgan fingerprint density at radius 1 is 1.30 bits per heavy atom. The predicted molar refractivity (Wildman–Crippen MR) is 71.5 cm³/mol. The van der Waals surface area contributed by atoms with Crippen LogP contribution >= 0.6 is 0 Å². The minimum atomic E-state index is -4.88. The number of anilines is 1. The molecule has 0 amide bonds. The maximum absolute atomic E-state index is 12.9. The zero-order valence-corrected chi connectivity index (χ0v) is 11.8. The summed E-state index contributed by atoms with van der Waals surface area (Å²) in [6.45, 7) is -0.728. The number of carbonyl (C=O) groups is 2. The number of alkyl halides is 3. The van der Waals surface area contributed by atoms with Gasteiger partial charge in [0.25, 0.3) is 0 Å². The van der Waals surface area contributed by atoms with E-state index in [9.17, 15) is 22.8 Å². The van der Waals surface area contributed by atoms with Crippen molar-refractivity contribution in [1.29, 1.82) is 0 Å². The fourth-order valence-electron chi connectivity index (χ4n) is 1.76. The van der Waals surface area contributed by atoms with Gasteiger partial charge in [-0.3, -0.25) is 14.5 Å². The number of ketones is 1. The molecule has 2 aromatic rings. The molecule has 0 radical (unpaired) electrons. The Morgan fingerprint density at radius 2 is 1.91 bits per heavy atom. The molecule has 0 aromatic carbocycles. The molecule has 2 heterocycles. The molecular formula is C13H11F3N4O3. The monoisotopic (exact) mass is 328 g/mol. The number of aryl methyl sites for hydroxylation is 1. The number of hydrogen-bond donors (Lipinski definition) is 1. The van der Waals surface area contributed by atoms with E-state index in [0.29, 0.717) is 4.68 Å². The highest BCUT2D eigenvalue weighted by atomic mass is 19.4. The van der Waals surface area contributed by atoms with Crippen molar-refractivity contribution in [3.05, 3.63) is 41.3 Å². The van der Waals surface area contributed by atoms with Crippen LogP contribution in [0.5, 0.6) is 0 Å². The highest BCUT2D eigenvalue weighted by Crippen LogP contribution is 2.33.